The summed E-state index contributed by atoms with van der Waals surface area (Å²) < 4.78 is 66.7. The second-order valence-corrected chi connectivity index (χ2v) is 9.95. The van der Waals surface area contributed by atoms with E-state index >= 15 is 0 Å². The van der Waals surface area contributed by atoms with E-state index in [1.165, 1.54) is 6.07 Å². The molecule has 3 rings (SSSR count). The Bertz CT molecular complexity index is 1030. The van der Waals surface area contributed by atoms with Gasteiger partial charge in [0.1, 0.15) is 16.8 Å². The molecule has 186 valence electrons. The van der Waals surface area contributed by atoms with E-state index in [0.717, 1.165) is 17.7 Å². The predicted octanol–water partition coefficient (Wildman–Crippen LogP) is 4.69. The first-order valence-corrected chi connectivity index (χ1v) is 12.2. The Hall–Kier alpha value is -2.30. The molecule has 0 aromatic heterocycles. The topological polar surface area (TPSA) is 60.9 Å². The van der Waals surface area contributed by atoms with E-state index in [1.807, 2.05) is 17.3 Å². The lowest BCUT2D eigenvalue weighted by atomic mass is 10.0. The van der Waals surface area contributed by atoms with E-state index in [1.54, 1.807) is 12.2 Å². The fourth-order valence-corrected chi connectivity index (χ4v) is 5.27. The highest BCUT2D eigenvalue weighted by molar-refractivity contribution is 7.86. The van der Waals surface area contributed by atoms with Gasteiger partial charge in [-0.25, -0.2) is 12.9 Å². The molecule has 1 unspecified atom stereocenters. The van der Waals surface area contributed by atoms with Crippen molar-refractivity contribution < 1.29 is 31.7 Å². The van der Waals surface area contributed by atoms with Crippen LogP contribution >= 0.6 is 0 Å². The van der Waals surface area contributed by atoms with Crippen molar-refractivity contribution in [2.75, 3.05) is 32.7 Å². The van der Waals surface area contributed by atoms with Crippen LogP contribution in [0.15, 0.2) is 52.5 Å². The van der Waals surface area contributed by atoms with Crippen molar-refractivity contribution >= 4 is 17.0 Å². The van der Waals surface area contributed by atoms with Gasteiger partial charge in [0.25, 0.3) is 0 Å². The van der Waals surface area contributed by atoms with Gasteiger partial charge in [0.15, 0.2) is 0 Å². The average Bonchev–Trinajstić information content (AvgIpc) is 2.94. The lowest BCUT2D eigenvalue weighted by molar-refractivity contribution is -0.140. The van der Waals surface area contributed by atoms with Crippen molar-refractivity contribution in [3.8, 4) is 0 Å². The summed E-state index contributed by atoms with van der Waals surface area (Å²) in [5, 5.41) is 9.14. The molecular formula is C24H28F4N2O3S. The van der Waals surface area contributed by atoms with Crippen LogP contribution in [0.25, 0.3) is 0 Å². The van der Waals surface area contributed by atoms with Crippen molar-refractivity contribution in [3.63, 3.8) is 0 Å². The molecule has 34 heavy (non-hydrogen) atoms. The highest BCUT2D eigenvalue weighted by Crippen LogP contribution is 2.31. The highest BCUT2D eigenvalue weighted by Gasteiger charge is 2.33. The van der Waals surface area contributed by atoms with E-state index in [4.69, 9.17) is 5.11 Å². The maximum absolute atomic E-state index is 13.7. The van der Waals surface area contributed by atoms with Crippen LogP contribution in [0.3, 0.4) is 0 Å². The SMILES string of the molecule is CC1=C(CC(=O)O)C=C(S(=O)N2CCN(CCCc3ccc(C(F)(F)F)c(F)c3)CC2)C=CC1. The summed E-state index contributed by atoms with van der Waals surface area (Å²) in [5.74, 6) is -2.18. The zero-order chi connectivity index (χ0) is 24.9. The summed E-state index contributed by atoms with van der Waals surface area (Å²) in [6, 6.07) is 3.05. The number of alkyl halides is 3. The van der Waals surface area contributed by atoms with Crippen LogP contribution in [0.2, 0.25) is 0 Å². The largest absolute Gasteiger partial charge is 0.481 e. The molecule has 1 fully saturated rings. The normalized spacial score (nSPS) is 19.1. The maximum Gasteiger partial charge on any atom is 0.419 e. The standard InChI is InChI=1S/C24H28F4N2O3S/c1-17-4-2-6-20(15-19(17)16-23(31)32)34(33)30-12-10-29(11-13-30)9-3-5-18-7-8-21(22(25)14-18)24(26,27)28/h2,6-8,14-15H,3-5,9-13,16H2,1H3,(H,31,32). The molecule has 1 aromatic carbocycles. The first-order valence-electron chi connectivity index (χ1n) is 11.1. The number of aryl methyl sites for hydroxylation is 1. The predicted molar refractivity (Wildman–Crippen MR) is 123 cm³/mol. The quantitative estimate of drug-likeness (QED) is 0.526. The zero-order valence-electron chi connectivity index (χ0n) is 18.9. The number of nitrogens with zero attached hydrogens (tertiary/aromatic N) is 2. The molecule has 1 saturated heterocycles. The lowest BCUT2D eigenvalue weighted by Gasteiger charge is -2.33. The van der Waals surface area contributed by atoms with Gasteiger partial charge in [-0.3, -0.25) is 4.79 Å². The Morgan fingerprint density at radius 3 is 2.50 bits per heavy atom. The van der Waals surface area contributed by atoms with E-state index in [0.29, 0.717) is 68.0 Å². The monoisotopic (exact) mass is 500 g/mol. The Balaban J connectivity index is 1.49. The third-order valence-electron chi connectivity index (χ3n) is 5.96. The number of hydrogen-bond acceptors (Lipinski definition) is 3. The summed E-state index contributed by atoms with van der Waals surface area (Å²) in [7, 11) is -1.40. The van der Waals surface area contributed by atoms with Crippen LogP contribution < -0.4 is 0 Å². The average molecular weight is 501 g/mol. The molecule has 1 heterocycles. The fourth-order valence-electron chi connectivity index (χ4n) is 4.02. The number of halogens is 4. The second kappa shape index (κ2) is 11.4. The molecule has 1 N–H and O–H groups in total. The van der Waals surface area contributed by atoms with Gasteiger partial charge in [-0.2, -0.15) is 13.2 Å². The number of piperazine rings is 1. The molecule has 0 radical (unpaired) electrons. The van der Waals surface area contributed by atoms with Gasteiger partial charge in [-0.1, -0.05) is 17.7 Å². The molecule has 1 aromatic rings. The Morgan fingerprint density at radius 1 is 1.18 bits per heavy atom. The lowest BCUT2D eigenvalue weighted by Crippen LogP contribution is -2.47. The molecule has 1 aliphatic heterocycles. The van der Waals surface area contributed by atoms with Gasteiger partial charge >= 0.3 is 12.1 Å². The minimum Gasteiger partial charge on any atom is -0.481 e. The smallest absolute Gasteiger partial charge is 0.419 e. The summed E-state index contributed by atoms with van der Waals surface area (Å²) in [6.07, 6.45) is 2.37. The summed E-state index contributed by atoms with van der Waals surface area (Å²) in [6.45, 7) is 5.09. The number of carboxylic acid groups (broad SMARTS) is 1. The molecular weight excluding hydrogens is 472 g/mol. The molecule has 0 saturated carbocycles. The van der Waals surface area contributed by atoms with E-state index < -0.39 is 34.5 Å². The summed E-state index contributed by atoms with van der Waals surface area (Å²) in [4.78, 5) is 13.9. The Kier molecular flexibility index (Phi) is 8.83. The highest BCUT2D eigenvalue weighted by atomic mass is 32.2. The molecule has 10 heteroatoms. The number of aliphatic carboxylic acids is 1. The maximum atomic E-state index is 13.7. The van der Waals surface area contributed by atoms with E-state index in [2.05, 4.69) is 4.90 Å². The third-order valence-corrected chi connectivity index (χ3v) is 7.45. The van der Waals surface area contributed by atoms with Gasteiger partial charge in [-0.05, 0) is 68.2 Å². The molecule has 1 atom stereocenters. The number of carbonyl (C=O) groups is 1. The van der Waals surface area contributed by atoms with E-state index in [9.17, 15) is 26.6 Å². The molecule has 2 aliphatic rings. The third kappa shape index (κ3) is 7.10. The zero-order valence-corrected chi connectivity index (χ0v) is 19.7. The van der Waals surface area contributed by atoms with Gasteiger partial charge in [0.2, 0.25) is 0 Å². The fraction of sp³-hybridized carbons (Fsp3) is 0.458. The van der Waals surface area contributed by atoms with Crippen LogP contribution in [-0.4, -0.2) is 57.2 Å². The summed E-state index contributed by atoms with van der Waals surface area (Å²) >= 11 is 0. The van der Waals surface area contributed by atoms with Crippen molar-refractivity contribution in [1.82, 2.24) is 9.21 Å². The van der Waals surface area contributed by atoms with Gasteiger partial charge in [-0.15, -0.1) is 0 Å². The van der Waals surface area contributed by atoms with Gasteiger partial charge < -0.3 is 10.0 Å². The Morgan fingerprint density at radius 2 is 1.88 bits per heavy atom. The van der Waals surface area contributed by atoms with Crippen LogP contribution in [0, 0.1) is 5.82 Å². The van der Waals surface area contributed by atoms with Crippen LogP contribution in [-0.2, 0) is 28.4 Å². The number of allylic oxidation sites excluding steroid dienone is 4. The molecule has 5 nitrogen and oxygen atoms in total. The van der Waals surface area contributed by atoms with Crippen LogP contribution in [0.1, 0.15) is 37.3 Å². The van der Waals surface area contributed by atoms with Crippen molar-refractivity contribution in [1.29, 1.82) is 0 Å². The van der Waals surface area contributed by atoms with Gasteiger partial charge in [0, 0.05) is 26.2 Å². The number of rotatable bonds is 8. The van der Waals surface area contributed by atoms with Crippen molar-refractivity contribution in [3.05, 3.63) is 69.4 Å². The molecule has 0 amide bonds. The first kappa shape index (κ1) is 26.3. The van der Waals surface area contributed by atoms with Crippen molar-refractivity contribution in [2.45, 2.75) is 38.8 Å². The second-order valence-electron chi connectivity index (χ2n) is 8.46. The van der Waals surface area contributed by atoms with Crippen LogP contribution in [0.4, 0.5) is 17.6 Å². The minimum absolute atomic E-state index is 0.106. The molecule has 0 spiro atoms. The van der Waals surface area contributed by atoms with Crippen molar-refractivity contribution in [2.24, 2.45) is 0 Å². The number of benzene rings is 1. The first-order chi connectivity index (χ1) is 16.0. The van der Waals surface area contributed by atoms with Gasteiger partial charge in [0.05, 0.1) is 16.9 Å². The van der Waals surface area contributed by atoms with E-state index in [-0.39, 0.29) is 6.42 Å². The minimum atomic E-state index is -4.70. The molecule has 1 aliphatic carbocycles. The number of hydrogen-bond donors (Lipinski definition) is 1. The number of carboxylic acids is 1. The summed E-state index contributed by atoms with van der Waals surface area (Å²) in [5.41, 5.74) is 0.903. The van der Waals surface area contributed by atoms with Crippen LogP contribution in [0.5, 0.6) is 0 Å². The molecule has 0 bridgehead atoms. The Labute approximate surface area is 199 Å².